The minimum atomic E-state index is -0.176. The van der Waals surface area contributed by atoms with Crippen molar-refractivity contribution in [1.82, 2.24) is 10.3 Å². The normalized spacial score (nSPS) is 11.8. The average Bonchev–Trinajstić information content (AvgIpc) is 2.40. The molecule has 1 amide bonds. The highest BCUT2D eigenvalue weighted by atomic mass is 16.1. The standard InChI is InChI=1S/C14H15N3O/c1-10(11-5-4-8-16-9-11)17-14(18)12-6-2-3-7-13(12)15/h2-10H,15H2,1H3,(H,17,18)/t10-/m0/s1. The molecule has 4 heteroatoms. The molecule has 4 nitrogen and oxygen atoms in total. The zero-order valence-electron chi connectivity index (χ0n) is 10.1. The van der Waals surface area contributed by atoms with Gasteiger partial charge in [0, 0.05) is 18.1 Å². The van der Waals surface area contributed by atoms with Gasteiger partial charge in [-0.05, 0) is 30.7 Å². The first kappa shape index (κ1) is 12.1. The molecule has 0 fully saturated rings. The van der Waals surface area contributed by atoms with Gasteiger partial charge in [-0.2, -0.15) is 0 Å². The second-order valence-corrected chi connectivity index (χ2v) is 4.07. The number of rotatable bonds is 3. The molecular weight excluding hydrogens is 226 g/mol. The Bertz CT molecular complexity index is 540. The van der Waals surface area contributed by atoms with Crippen LogP contribution in [0.2, 0.25) is 0 Å². The average molecular weight is 241 g/mol. The molecule has 0 saturated heterocycles. The fraction of sp³-hybridized carbons (Fsp3) is 0.143. The van der Waals surface area contributed by atoms with Gasteiger partial charge in [-0.15, -0.1) is 0 Å². The Morgan fingerprint density at radius 3 is 2.72 bits per heavy atom. The van der Waals surface area contributed by atoms with Crippen molar-refractivity contribution in [2.45, 2.75) is 13.0 Å². The van der Waals surface area contributed by atoms with Crippen LogP contribution in [0.5, 0.6) is 0 Å². The van der Waals surface area contributed by atoms with E-state index in [1.165, 1.54) is 0 Å². The molecule has 1 atom stereocenters. The number of carbonyl (C=O) groups is 1. The van der Waals surface area contributed by atoms with Gasteiger partial charge in [-0.3, -0.25) is 9.78 Å². The number of nitrogens with one attached hydrogen (secondary N) is 1. The van der Waals surface area contributed by atoms with E-state index in [-0.39, 0.29) is 11.9 Å². The van der Waals surface area contributed by atoms with Crippen LogP contribution in [0.4, 0.5) is 5.69 Å². The Hall–Kier alpha value is -2.36. The Labute approximate surface area is 106 Å². The van der Waals surface area contributed by atoms with Crippen molar-refractivity contribution in [2.24, 2.45) is 0 Å². The molecule has 0 aliphatic carbocycles. The van der Waals surface area contributed by atoms with Gasteiger partial charge < -0.3 is 11.1 Å². The number of benzene rings is 1. The van der Waals surface area contributed by atoms with E-state index in [1.807, 2.05) is 19.1 Å². The summed E-state index contributed by atoms with van der Waals surface area (Å²) in [5.74, 6) is -0.176. The van der Waals surface area contributed by atoms with Crippen molar-refractivity contribution in [3.8, 4) is 0 Å². The summed E-state index contributed by atoms with van der Waals surface area (Å²) < 4.78 is 0. The molecule has 92 valence electrons. The van der Waals surface area contributed by atoms with E-state index in [4.69, 9.17) is 5.73 Å². The summed E-state index contributed by atoms with van der Waals surface area (Å²) >= 11 is 0. The van der Waals surface area contributed by atoms with Gasteiger partial charge in [0.1, 0.15) is 0 Å². The third-order valence-corrected chi connectivity index (χ3v) is 2.74. The SMILES string of the molecule is C[C@H](NC(=O)c1ccccc1N)c1cccnc1. The predicted octanol–water partition coefficient (Wildman–Crippen LogP) is 2.15. The van der Waals surface area contributed by atoms with E-state index in [1.54, 1.807) is 36.7 Å². The lowest BCUT2D eigenvalue weighted by molar-refractivity contribution is 0.0941. The van der Waals surface area contributed by atoms with Gasteiger partial charge >= 0.3 is 0 Å². The number of anilines is 1. The summed E-state index contributed by atoms with van der Waals surface area (Å²) in [7, 11) is 0. The molecule has 1 heterocycles. The molecule has 18 heavy (non-hydrogen) atoms. The van der Waals surface area contributed by atoms with E-state index in [0.29, 0.717) is 11.3 Å². The fourth-order valence-corrected chi connectivity index (χ4v) is 1.69. The summed E-state index contributed by atoms with van der Waals surface area (Å²) in [6.45, 7) is 1.91. The van der Waals surface area contributed by atoms with Crippen molar-refractivity contribution < 1.29 is 4.79 Å². The van der Waals surface area contributed by atoms with Crippen LogP contribution in [-0.4, -0.2) is 10.9 Å². The molecule has 1 aromatic heterocycles. The summed E-state index contributed by atoms with van der Waals surface area (Å²) in [6.07, 6.45) is 3.44. The minimum absolute atomic E-state index is 0.106. The lowest BCUT2D eigenvalue weighted by Gasteiger charge is -2.14. The van der Waals surface area contributed by atoms with Crippen LogP contribution in [0, 0.1) is 0 Å². The second-order valence-electron chi connectivity index (χ2n) is 4.07. The minimum Gasteiger partial charge on any atom is -0.398 e. The zero-order chi connectivity index (χ0) is 13.0. The number of carbonyl (C=O) groups excluding carboxylic acids is 1. The van der Waals surface area contributed by atoms with Gasteiger partial charge in [-0.1, -0.05) is 18.2 Å². The van der Waals surface area contributed by atoms with Gasteiger partial charge in [0.15, 0.2) is 0 Å². The van der Waals surface area contributed by atoms with Gasteiger partial charge in [0.2, 0.25) is 0 Å². The number of aromatic nitrogens is 1. The molecular formula is C14H15N3O. The van der Waals surface area contributed by atoms with Gasteiger partial charge in [0.05, 0.1) is 11.6 Å². The summed E-state index contributed by atoms with van der Waals surface area (Å²) in [5.41, 5.74) is 7.70. The van der Waals surface area contributed by atoms with Crippen molar-refractivity contribution in [3.63, 3.8) is 0 Å². The van der Waals surface area contributed by atoms with Gasteiger partial charge in [0.25, 0.3) is 5.91 Å². The summed E-state index contributed by atoms with van der Waals surface area (Å²) in [6, 6.07) is 10.7. The number of nitrogen functional groups attached to an aromatic ring is 1. The van der Waals surface area contributed by atoms with Crippen LogP contribution < -0.4 is 11.1 Å². The zero-order valence-corrected chi connectivity index (χ0v) is 10.1. The van der Waals surface area contributed by atoms with Crippen molar-refractivity contribution in [2.75, 3.05) is 5.73 Å². The fourth-order valence-electron chi connectivity index (χ4n) is 1.69. The molecule has 0 unspecified atom stereocenters. The van der Waals surface area contributed by atoms with Crippen LogP contribution in [0.1, 0.15) is 28.9 Å². The molecule has 0 bridgehead atoms. The third kappa shape index (κ3) is 2.66. The Kier molecular flexibility index (Phi) is 3.57. The van der Waals surface area contributed by atoms with Crippen LogP contribution in [0.25, 0.3) is 0 Å². The predicted molar refractivity (Wildman–Crippen MR) is 71.0 cm³/mol. The van der Waals surface area contributed by atoms with Crippen LogP contribution in [0.3, 0.4) is 0 Å². The molecule has 0 aliphatic heterocycles. The van der Waals surface area contributed by atoms with E-state index in [2.05, 4.69) is 10.3 Å². The first-order chi connectivity index (χ1) is 8.68. The molecule has 0 aliphatic rings. The highest BCUT2D eigenvalue weighted by Gasteiger charge is 2.13. The van der Waals surface area contributed by atoms with E-state index >= 15 is 0 Å². The number of nitrogens with zero attached hydrogens (tertiary/aromatic N) is 1. The van der Waals surface area contributed by atoms with Crippen molar-refractivity contribution in [3.05, 3.63) is 59.9 Å². The maximum absolute atomic E-state index is 12.0. The first-order valence-electron chi connectivity index (χ1n) is 5.74. The lowest BCUT2D eigenvalue weighted by Crippen LogP contribution is -2.27. The molecule has 0 spiro atoms. The first-order valence-corrected chi connectivity index (χ1v) is 5.74. The Morgan fingerprint density at radius 2 is 2.06 bits per heavy atom. The lowest BCUT2D eigenvalue weighted by atomic mass is 10.1. The highest BCUT2D eigenvalue weighted by Crippen LogP contribution is 2.14. The highest BCUT2D eigenvalue weighted by molar-refractivity contribution is 5.99. The molecule has 2 aromatic rings. The number of hydrogen-bond donors (Lipinski definition) is 2. The number of para-hydroxylation sites is 1. The Morgan fingerprint density at radius 1 is 1.28 bits per heavy atom. The molecule has 2 rings (SSSR count). The summed E-state index contributed by atoms with van der Waals surface area (Å²) in [5, 5.41) is 2.89. The Balaban J connectivity index is 2.11. The largest absolute Gasteiger partial charge is 0.398 e. The molecule has 0 saturated carbocycles. The molecule has 0 radical (unpaired) electrons. The maximum atomic E-state index is 12.0. The number of pyridine rings is 1. The molecule has 3 N–H and O–H groups in total. The van der Waals surface area contributed by atoms with Crippen LogP contribution in [-0.2, 0) is 0 Å². The smallest absolute Gasteiger partial charge is 0.253 e. The molecule has 1 aromatic carbocycles. The van der Waals surface area contributed by atoms with Crippen LogP contribution in [0.15, 0.2) is 48.8 Å². The third-order valence-electron chi connectivity index (χ3n) is 2.74. The van der Waals surface area contributed by atoms with Crippen LogP contribution >= 0.6 is 0 Å². The number of amides is 1. The van der Waals surface area contributed by atoms with Gasteiger partial charge in [-0.25, -0.2) is 0 Å². The monoisotopic (exact) mass is 241 g/mol. The van der Waals surface area contributed by atoms with Crippen molar-refractivity contribution in [1.29, 1.82) is 0 Å². The number of hydrogen-bond acceptors (Lipinski definition) is 3. The summed E-state index contributed by atoms with van der Waals surface area (Å²) in [4.78, 5) is 16.1. The quantitative estimate of drug-likeness (QED) is 0.809. The second kappa shape index (κ2) is 5.31. The van der Waals surface area contributed by atoms with E-state index in [0.717, 1.165) is 5.56 Å². The van der Waals surface area contributed by atoms with E-state index < -0.39 is 0 Å². The van der Waals surface area contributed by atoms with Crippen molar-refractivity contribution >= 4 is 11.6 Å². The topological polar surface area (TPSA) is 68.0 Å². The number of nitrogens with two attached hydrogens (primary N) is 1. The maximum Gasteiger partial charge on any atom is 0.253 e. The van der Waals surface area contributed by atoms with E-state index in [9.17, 15) is 4.79 Å².